The first-order valence-corrected chi connectivity index (χ1v) is 16.2. The molecule has 0 aliphatic rings. The molecule has 0 heterocycles. The topological polar surface area (TPSA) is 542 Å². The fourth-order valence-corrected chi connectivity index (χ4v) is 5.29. The summed E-state index contributed by atoms with van der Waals surface area (Å²) in [5.74, 6) is 0. The molecular formula is C32H72N2O19W6-36. The average molecular weight is 1890 g/mol. The monoisotopic (exact) mass is 1890 g/mol. The maximum Gasteiger partial charge on any atom is 0.0786 e. The molecule has 0 unspecified atom stereocenters. The Hall–Kier alpha value is 3.29. The van der Waals surface area contributed by atoms with E-state index in [1.807, 2.05) is 0 Å². The molecule has 0 saturated carbocycles. The molecule has 0 aromatic heterocycles. The maximum absolute atomic E-state index is 2.33. The van der Waals surface area contributed by atoms with E-state index in [0.29, 0.717) is 0 Å². The third-order valence-electron chi connectivity index (χ3n) is 7.89. The fourth-order valence-electron chi connectivity index (χ4n) is 5.29. The number of quaternary nitrogens is 2. The molecular weight excluding hydrogens is 1820 g/mol. The van der Waals surface area contributed by atoms with E-state index in [-0.39, 0.29) is 230 Å². The van der Waals surface area contributed by atoms with Gasteiger partial charge < -0.3 is 113 Å². The Labute approximate surface area is 445 Å². The van der Waals surface area contributed by atoms with Crippen molar-refractivity contribution >= 4 is 0 Å². The molecule has 396 valence electrons. The molecule has 27 heteroatoms. The van der Waals surface area contributed by atoms with Gasteiger partial charge in [-0.1, -0.05) is 107 Å². The van der Waals surface area contributed by atoms with Crippen LogP contribution in [-0.2, 0) is 230 Å². The summed E-state index contributed by atoms with van der Waals surface area (Å²) >= 11 is 0. The zero-order valence-corrected chi connectivity index (χ0v) is 53.7. The van der Waals surface area contributed by atoms with Gasteiger partial charge in [0.05, 0.1) is 52.4 Å². The van der Waals surface area contributed by atoms with Crippen molar-refractivity contribution in [2.24, 2.45) is 0 Å². The Balaban J connectivity index is -0.00000000975. The fraction of sp³-hybridized carbons (Fsp3) is 1.00. The minimum absolute atomic E-state index is 0. The Bertz CT molecular complexity index is 346. The van der Waals surface area contributed by atoms with Crippen molar-refractivity contribution in [2.75, 3.05) is 52.4 Å². The number of hydrogen-bond donors (Lipinski definition) is 0. The van der Waals surface area contributed by atoms with Crippen molar-refractivity contribution in [3.05, 3.63) is 0 Å². The van der Waals surface area contributed by atoms with E-state index in [1.54, 1.807) is 0 Å². The molecule has 21 nitrogen and oxygen atoms in total. The molecule has 0 aliphatic carbocycles. The third-order valence-corrected chi connectivity index (χ3v) is 7.89. The minimum atomic E-state index is 0. The number of nitrogens with zero attached hydrogens (tertiary/aromatic N) is 2. The van der Waals surface area contributed by atoms with E-state index in [0.717, 1.165) is 0 Å². The van der Waals surface area contributed by atoms with Crippen LogP contribution in [0.25, 0.3) is 0 Å². The molecule has 0 fully saturated rings. The van der Waals surface area contributed by atoms with Crippen LogP contribution in [0, 0.1) is 0 Å². The maximum atomic E-state index is 2.33. The molecule has 0 spiro atoms. The first-order chi connectivity index (χ1) is 16.5. The molecule has 0 aromatic carbocycles. The quantitative estimate of drug-likeness (QED) is 0.0837. The largest absolute Gasteiger partial charge is 2.00 e. The van der Waals surface area contributed by atoms with Crippen molar-refractivity contribution in [3.63, 3.8) is 0 Å². The molecule has 0 aromatic rings. The van der Waals surface area contributed by atoms with Crippen molar-refractivity contribution in [3.8, 4) is 0 Å². The summed E-state index contributed by atoms with van der Waals surface area (Å²) in [6, 6.07) is 0. The summed E-state index contributed by atoms with van der Waals surface area (Å²) in [5, 5.41) is 0. The van der Waals surface area contributed by atoms with Crippen LogP contribution in [0.15, 0.2) is 0 Å². The number of hydrogen-bond acceptors (Lipinski definition) is 0. The predicted molar refractivity (Wildman–Crippen MR) is 172 cm³/mol. The van der Waals surface area contributed by atoms with Gasteiger partial charge in [-0.3, -0.25) is 0 Å². The molecule has 0 rings (SSSR count). The van der Waals surface area contributed by atoms with E-state index in [9.17, 15) is 0 Å². The van der Waals surface area contributed by atoms with Crippen LogP contribution in [0.5, 0.6) is 0 Å². The van der Waals surface area contributed by atoms with Gasteiger partial charge in [-0.2, -0.15) is 0 Å². The number of rotatable bonds is 24. The predicted octanol–water partition coefficient (Wildman–Crippen LogP) is 7.74. The van der Waals surface area contributed by atoms with Gasteiger partial charge >= 0.3 is 0 Å². The van der Waals surface area contributed by atoms with Crippen LogP contribution in [-0.4, -0.2) is 61.3 Å². The van der Waals surface area contributed by atoms with Crippen molar-refractivity contribution in [2.45, 2.75) is 158 Å². The van der Waals surface area contributed by atoms with Gasteiger partial charge in [-0.05, 0) is 51.4 Å². The SMILES string of the molecule is CCCC[N+](CCCC)(CCCC)CCCC.CCCC[N+](CCCC)(CCCC)CCCC.[O-2].[O-2].[O-2].[O-2].[O-2].[O-2].[O-2].[O-2].[O-2].[O-2].[O-2].[O-2].[O-2].[O-2].[O-2].[O-2].[O-2].[O-2].[O-2].[W].[W].[W].[W].[W].[W]. The Morgan fingerprint density at radius 1 is 0.169 bits per heavy atom. The van der Waals surface area contributed by atoms with Gasteiger partial charge in [0, 0.05) is 126 Å². The molecule has 0 bridgehead atoms. The van der Waals surface area contributed by atoms with Crippen molar-refractivity contribution < 1.29 is 239 Å². The molecule has 0 radical (unpaired) electrons. The van der Waals surface area contributed by atoms with E-state index >= 15 is 0 Å². The molecule has 0 N–H and O–H groups in total. The van der Waals surface area contributed by atoms with Gasteiger partial charge in [0.25, 0.3) is 0 Å². The van der Waals surface area contributed by atoms with Crippen LogP contribution >= 0.6 is 0 Å². The summed E-state index contributed by atoms with van der Waals surface area (Å²) in [6.07, 6.45) is 22.1. The zero-order chi connectivity index (χ0) is 26.0. The zero-order valence-electron chi connectivity index (χ0n) is 36.1. The first kappa shape index (κ1) is 188. The smallest absolute Gasteiger partial charge is 0.0786 e. The number of unbranched alkanes of at least 4 members (excludes halogenated alkanes) is 8. The molecule has 0 saturated heterocycles. The average Bonchev–Trinajstić information content (AvgIpc) is 2.87. The second-order valence-electron chi connectivity index (χ2n) is 11.3. The van der Waals surface area contributed by atoms with E-state index < -0.39 is 0 Å². The molecule has 59 heavy (non-hydrogen) atoms. The van der Waals surface area contributed by atoms with Crippen molar-refractivity contribution in [1.82, 2.24) is 0 Å². The summed E-state index contributed by atoms with van der Waals surface area (Å²) in [6.45, 7) is 30.0. The molecule has 0 amide bonds. The van der Waals surface area contributed by atoms with E-state index in [2.05, 4.69) is 55.4 Å². The van der Waals surface area contributed by atoms with Crippen LogP contribution < -0.4 is 0 Å². The standard InChI is InChI=1S/2C16H36N.19O.6W/c2*1-5-9-13-17(14-10-6-2,15-11-7-3)16-12-8-4;;;;;;;;;;;;;;;;;;;;;;;;;/h2*5-16H2,1-4H3;;;;;;;;;;;;;;;;;;;;;;;;;/q2*+1;19*-2;;;;;;. The minimum Gasteiger partial charge on any atom is -2.00 e. The van der Waals surface area contributed by atoms with Gasteiger partial charge in [0.15, 0.2) is 0 Å². The van der Waals surface area contributed by atoms with Crippen LogP contribution in [0.1, 0.15) is 158 Å². The van der Waals surface area contributed by atoms with Crippen LogP contribution in [0.2, 0.25) is 0 Å². The van der Waals surface area contributed by atoms with E-state index in [1.165, 1.54) is 164 Å². The Morgan fingerprint density at radius 3 is 0.288 bits per heavy atom. The summed E-state index contributed by atoms with van der Waals surface area (Å²) < 4.78 is 2.84. The summed E-state index contributed by atoms with van der Waals surface area (Å²) in [5.41, 5.74) is 0. The normalized spacial score (nSPS) is 6.92. The van der Waals surface area contributed by atoms with Crippen LogP contribution in [0.3, 0.4) is 0 Å². The van der Waals surface area contributed by atoms with E-state index in [4.69, 9.17) is 0 Å². The molecule has 0 atom stereocenters. The third kappa shape index (κ3) is 115. The Kier molecular flexibility index (Phi) is 460. The molecule has 0 aliphatic heterocycles. The van der Waals surface area contributed by atoms with Gasteiger partial charge in [0.2, 0.25) is 0 Å². The van der Waals surface area contributed by atoms with Crippen molar-refractivity contribution in [1.29, 1.82) is 0 Å². The van der Waals surface area contributed by atoms with Crippen LogP contribution in [0.4, 0.5) is 0 Å². The van der Waals surface area contributed by atoms with Gasteiger partial charge in [-0.25, -0.2) is 0 Å². The summed E-state index contributed by atoms with van der Waals surface area (Å²) in [4.78, 5) is 0. The first-order valence-electron chi connectivity index (χ1n) is 16.2. The van der Waals surface area contributed by atoms with Gasteiger partial charge in [0.1, 0.15) is 0 Å². The second kappa shape index (κ2) is 144. The second-order valence-corrected chi connectivity index (χ2v) is 11.3. The Morgan fingerprint density at radius 2 is 0.237 bits per heavy atom. The summed E-state index contributed by atoms with van der Waals surface area (Å²) in [7, 11) is 0. The van der Waals surface area contributed by atoms with Gasteiger partial charge in [-0.15, -0.1) is 0 Å².